The molecule has 2 aromatic heterocycles. The van der Waals surface area contributed by atoms with Crippen LogP contribution >= 0.6 is 34.9 Å². The van der Waals surface area contributed by atoms with Gasteiger partial charge in [-0.15, -0.1) is 33.3 Å². The topological polar surface area (TPSA) is 59.8 Å². The van der Waals surface area contributed by atoms with E-state index in [0.29, 0.717) is 12.3 Å². The number of hydrogen-bond acceptors (Lipinski definition) is 6. The third kappa shape index (κ3) is 5.83. The van der Waals surface area contributed by atoms with Gasteiger partial charge in [-0.1, -0.05) is 17.8 Å². The zero-order valence-electron chi connectivity index (χ0n) is 15.4. The fourth-order valence-electron chi connectivity index (χ4n) is 2.47. The summed E-state index contributed by atoms with van der Waals surface area (Å²) in [7, 11) is 0. The Bertz CT molecular complexity index is 881. The van der Waals surface area contributed by atoms with Gasteiger partial charge in [0.1, 0.15) is 5.82 Å². The summed E-state index contributed by atoms with van der Waals surface area (Å²) in [5, 5.41) is 14.2. The zero-order valence-corrected chi connectivity index (χ0v) is 17.9. The highest BCUT2D eigenvalue weighted by Crippen LogP contribution is 2.27. The van der Waals surface area contributed by atoms with Crippen LogP contribution in [-0.2, 0) is 11.3 Å². The number of benzene rings is 1. The molecule has 28 heavy (non-hydrogen) atoms. The van der Waals surface area contributed by atoms with E-state index in [-0.39, 0.29) is 11.7 Å². The summed E-state index contributed by atoms with van der Waals surface area (Å²) in [6, 6.07) is 10.5. The minimum absolute atomic E-state index is 0.0138. The van der Waals surface area contributed by atoms with Crippen LogP contribution in [0.3, 0.4) is 0 Å². The molecule has 0 atom stereocenters. The van der Waals surface area contributed by atoms with Gasteiger partial charge >= 0.3 is 0 Å². The molecule has 5 nitrogen and oxygen atoms in total. The van der Waals surface area contributed by atoms with Gasteiger partial charge in [-0.2, -0.15) is 0 Å². The first-order valence-corrected chi connectivity index (χ1v) is 11.8. The summed E-state index contributed by atoms with van der Waals surface area (Å²) in [5.74, 6) is 1.79. The van der Waals surface area contributed by atoms with E-state index in [2.05, 4.69) is 15.5 Å². The average Bonchev–Trinajstić information content (AvgIpc) is 3.36. The van der Waals surface area contributed by atoms with Crippen molar-refractivity contribution in [2.75, 3.05) is 18.1 Å². The van der Waals surface area contributed by atoms with Crippen molar-refractivity contribution in [2.45, 2.75) is 29.9 Å². The fraction of sp³-hybridized carbons (Fsp3) is 0.316. The first kappa shape index (κ1) is 20.9. The number of halogens is 1. The second kappa shape index (κ2) is 10.6. The quantitative estimate of drug-likeness (QED) is 0.373. The molecule has 1 N–H and O–H groups in total. The number of carbonyl (C=O) groups excluding carboxylic acids is 1. The van der Waals surface area contributed by atoms with Crippen molar-refractivity contribution in [3.05, 3.63) is 47.6 Å². The van der Waals surface area contributed by atoms with E-state index in [4.69, 9.17) is 0 Å². The molecule has 0 fully saturated rings. The molecule has 0 radical (unpaired) electrons. The Morgan fingerprint density at radius 1 is 1.21 bits per heavy atom. The Balaban J connectivity index is 1.38. The SMILES string of the molecule is CCn1c(SCC(=O)NCCCSc2ccc(F)cc2)nnc1-c1cccs1. The van der Waals surface area contributed by atoms with Crippen molar-refractivity contribution >= 4 is 40.8 Å². The third-order valence-electron chi connectivity index (χ3n) is 3.83. The van der Waals surface area contributed by atoms with Crippen molar-refractivity contribution in [1.82, 2.24) is 20.1 Å². The van der Waals surface area contributed by atoms with E-state index < -0.39 is 0 Å². The van der Waals surface area contributed by atoms with Gasteiger partial charge < -0.3 is 9.88 Å². The number of aromatic nitrogens is 3. The second-order valence-electron chi connectivity index (χ2n) is 5.82. The number of amides is 1. The number of hydrogen-bond donors (Lipinski definition) is 1. The van der Waals surface area contributed by atoms with Crippen LogP contribution in [0.5, 0.6) is 0 Å². The summed E-state index contributed by atoms with van der Waals surface area (Å²) < 4.78 is 14.9. The third-order valence-corrected chi connectivity index (χ3v) is 6.76. The Morgan fingerprint density at radius 3 is 2.75 bits per heavy atom. The van der Waals surface area contributed by atoms with Gasteiger partial charge in [0.2, 0.25) is 5.91 Å². The molecule has 0 spiro atoms. The standard InChI is InChI=1S/C19H21FN4OS3/c1-2-24-18(16-5-3-11-27-16)22-23-19(24)28-13-17(25)21-10-4-12-26-15-8-6-14(20)7-9-15/h3,5-9,11H,2,4,10,12-13H2,1H3,(H,21,25). The van der Waals surface area contributed by atoms with Gasteiger partial charge in [-0.3, -0.25) is 4.79 Å². The van der Waals surface area contributed by atoms with E-state index in [1.165, 1.54) is 23.9 Å². The summed E-state index contributed by atoms with van der Waals surface area (Å²) in [6.07, 6.45) is 0.853. The minimum Gasteiger partial charge on any atom is -0.355 e. The molecular formula is C19H21FN4OS3. The van der Waals surface area contributed by atoms with Crippen molar-refractivity contribution in [3.8, 4) is 10.7 Å². The monoisotopic (exact) mass is 436 g/mol. The first-order valence-electron chi connectivity index (χ1n) is 8.92. The van der Waals surface area contributed by atoms with E-state index in [1.807, 2.05) is 29.0 Å². The Kier molecular flexibility index (Phi) is 7.93. The molecule has 0 saturated carbocycles. The molecule has 3 aromatic rings. The molecule has 9 heteroatoms. The van der Waals surface area contributed by atoms with Gasteiger partial charge in [0.15, 0.2) is 11.0 Å². The van der Waals surface area contributed by atoms with Crippen LogP contribution < -0.4 is 5.32 Å². The highest BCUT2D eigenvalue weighted by atomic mass is 32.2. The Labute approximate surface area is 176 Å². The van der Waals surface area contributed by atoms with Crippen molar-refractivity contribution in [3.63, 3.8) is 0 Å². The molecule has 1 amide bonds. The smallest absolute Gasteiger partial charge is 0.230 e. The molecule has 0 aliphatic rings. The van der Waals surface area contributed by atoms with Crippen LogP contribution in [0, 0.1) is 5.82 Å². The van der Waals surface area contributed by atoms with Crippen LogP contribution in [0.1, 0.15) is 13.3 Å². The van der Waals surface area contributed by atoms with Crippen molar-refractivity contribution in [2.24, 2.45) is 0 Å². The van der Waals surface area contributed by atoms with Crippen LogP contribution in [0.15, 0.2) is 51.8 Å². The largest absolute Gasteiger partial charge is 0.355 e. The van der Waals surface area contributed by atoms with Gasteiger partial charge in [0.05, 0.1) is 10.6 Å². The molecule has 3 rings (SSSR count). The van der Waals surface area contributed by atoms with E-state index >= 15 is 0 Å². The number of nitrogens with zero attached hydrogens (tertiary/aromatic N) is 3. The van der Waals surface area contributed by atoms with Crippen LogP contribution in [0.2, 0.25) is 0 Å². The lowest BCUT2D eigenvalue weighted by Crippen LogP contribution is -2.26. The minimum atomic E-state index is -0.226. The maximum Gasteiger partial charge on any atom is 0.230 e. The number of rotatable bonds is 10. The van der Waals surface area contributed by atoms with Gasteiger partial charge in [-0.05, 0) is 54.8 Å². The average molecular weight is 437 g/mol. The number of carbonyl (C=O) groups is 1. The van der Waals surface area contributed by atoms with E-state index in [9.17, 15) is 9.18 Å². The van der Waals surface area contributed by atoms with Crippen molar-refractivity contribution in [1.29, 1.82) is 0 Å². The molecule has 0 unspecified atom stereocenters. The number of thiophene rings is 1. The molecule has 0 aliphatic heterocycles. The normalized spacial score (nSPS) is 10.9. The summed E-state index contributed by atoms with van der Waals surface area (Å²) in [6.45, 7) is 3.42. The molecule has 2 heterocycles. The maximum absolute atomic E-state index is 12.9. The van der Waals surface area contributed by atoms with Crippen molar-refractivity contribution < 1.29 is 9.18 Å². The predicted octanol–water partition coefficient (Wildman–Crippen LogP) is 4.56. The highest BCUT2D eigenvalue weighted by molar-refractivity contribution is 7.99. The predicted molar refractivity (Wildman–Crippen MR) is 114 cm³/mol. The molecule has 0 bridgehead atoms. The maximum atomic E-state index is 12.9. The summed E-state index contributed by atoms with van der Waals surface area (Å²) in [5.41, 5.74) is 0. The highest BCUT2D eigenvalue weighted by Gasteiger charge is 2.15. The molecule has 0 aliphatic carbocycles. The van der Waals surface area contributed by atoms with Gasteiger partial charge in [0, 0.05) is 18.0 Å². The summed E-state index contributed by atoms with van der Waals surface area (Å²) in [4.78, 5) is 14.2. The first-order chi connectivity index (χ1) is 13.7. The zero-order chi connectivity index (χ0) is 19.8. The van der Waals surface area contributed by atoms with Crippen LogP contribution in [-0.4, -0.2) is 38.7 Å². The number of thioether (sulfide) groups is 2. The Morgan fingerprint density at radius 2 is 2.04 bits per heavy atom. The summed E-state index contributed by atoms with van der Waals surface area (Å²) >= 11 is 4.68. The van der Waals surface area contributed by atoms with E-state index in [0.717, 1.165) is 39.5 Å². The van der Waals surface area contributed by atoms with Crippen LogP contribution in [0.4, 0.5) is 4.39 Å². The fourth-order valence-corrected chi connectivity index (χ4v) is 4.87. The lowest BCUT2D eigenvalue weighted by atomic mass is 10.4. The molecule has 148 valence electrons. The lowest BCUT2D eigenvalue weighted by Gasteiger charge is -2.07. The van der Waals surface area contributed by atoms with Gasteiger partial charge in [0.25, 0.3) is 0 Å². The molecule has 1 aromatic carbocycles. The van der Waals surface area contributed by atoms with E-state index in [1.54, 1.807) is 35.2 Å². The van der Waals surface area contributed by atoms with Gasteiger partial charge in [-0.25, -0.2) is 4.39 Å². The lowest BCUT2D eigenvalue weighted by molar-refractivity contribution is -0.118. The molecular weight excluding hydrogens is 415 g/mol. The molecule has 0 saturated heterocycles. The number of nitrogens with one attached hydrogen (secondary N) is 1. The van der Waals surface area contributed by atoms with Crippen LogP contribution in [0.25, 0.3) is 10.7 Å². The second-order valence-corrected chi connectivity index (χ2v) is 8.88. The Hall–Kier alpha value is -1.84.